The standard InChI is InChI=1S/C22H29F2N3O3/c1-12(13-7-9-18(28)17(24)10-13)27-19(20(25)26-5)14-6-8-15(16(23)11-14)21(29)30-22(2,3)4/h6,8,11,13,17-18,28H,1,7,9-10H2,2-5H3,(H2,25,26)/b27-19-/t13-,17+,18-/m1/s1. The van der Waals surface area contributed by atoms with Gasteiger partial charge in [-0.15, -0.1) is 0 Å². The lowest BCUT2D eigenvalue weighted by Crippen LogP contribution is -2.31. The van der Waals surface area contributed by atoms with E-state index in [0.29, 0.717) is 24.1 Å². The van der Waals surface area contributed by atoms with Crippen molar-refractivity contribution in [3.8, 4) is 0 Å². The van der Waals surface area contributed by atoms with Crippen molar-refractivity contribution < 1.29 is 23.4 Å². The van der Waals surface area contributed by atoms with Gasteiger partial charge in [0.1, 0.15) is 29.1 Å². The zero-order valence-corrected chi connectivity index (χ0v) is 17.8. The lowest BCUT2D eigenvalue weighted by atomic mass is 9.84. The molecule has 3 N–H and O–H groups in total. The second kappa shape index (κ2) is 9.47. The fourth-order valence-corrected chi connectivity index (χ4v) is 3.17. The average molecular weight is 421 g/mol. The lowest BCUT2D eigenvalue weighted by molar-refractivity contribution is 0.00647. The minimum Gasteiger partial charge on any atom is -0.456 e. The highest BCUT2D eigenvalue weighted by Gasteiger charge is 2.31. The molecule has 8 heteroatoms. The van der Waals surface area contributed by atoms with Gasteiger partial charge in [-0.25, -0.2) is 18.6 Å². The molecular formula is C22H29F2N3O3. The van der Waals surface area contributed by atoms with E-state index in [1.165, 1.54) is 19.2 Å². The molecule has 0 heterocycles. The molecule has 30 heavy (non-hydrogen) atoms. The number of ether oxygens (including phenoxy) is 1. The molecule has 1 aliphatic carbocycles. The van der Waals surface area contributed by atoms with Gasteiger partial charge >= 0.3 is 5.97 Å². The minimum atomic E-state index is -1.35. The number of esters is 1. The number of allylic oxidation sites excluding steroid dienone is 1. The van der Waals surface area contributed by atoms with E-state index in [1.54, 1.807) is 20.8 Å². The number of rotatable bonds is 5. The highest BCUT2D eigenvalue weighted by Crippen LogP contribution is 2.32. The molecule has 0 spiro atoms. The number of aliphatic imine (C=N–C) groups is 2. The number of carbonyl (C=O) groups excluding carboxylic acids is 1. The molecule has 0 radical (unpaired) electrons. The van der Waals surface area contributed by atoms with Crippen LogP contribution in [-0.2, 0) is 4.74 Å². The van der Waals surface area contributed by atoms with Crippen molar-refractivity contribution in [3.05, 3.63) is 47.4 Å². The van der Waals surface area contributed by atoms with Crippen LogP contribution in [-0.4, -0.2) is 47.5 Å². The second-order valence-corrected chi connectivity index (χ2v) is 8.35. The van der Waals surface area contributed by atoms with E-state index in [-0.39, 0.29) is 29.4 Å². The van der Waals surface area contributed by atoms with Gasteiger partial charge in [0.05, 0.1) is 11.7 Å². The summed E-state index contributed by atoms with van der Waals surface area (Å²) in [5.41, 5.74) is 5.85. The van der Waals surface area contributed by atoms with Gasteiger partial charge in [-0.3, -0.25) is 4.99 Å². The number of hydrogen-bond acceptors (Lipinski definition) is 5. The van der Waals surface area contributed by atoms with E-state index in [0.717, 1.165) is 6.07 Å². The Morgan fingerprint density at radius 1 is 1.33 bits per heavy atom. The molecule has 1 fully saturated rings. The van der Waals surface area contributed by atoms with Crippen molar-refractivity contribution in [2.75, 3.05) is 7.05 Å². The molecule has 1 aromatic carbocycles. The van der Waals surface area contributed by atoms with Crippen LogP contribution in [0.3, 0.4) is 0 Å². The van der Waals surface area contributed by atoms with E-state index in [9.17, 15) is 18.7 Å². The summed E-state index contributed by atoms with van der Waals surface area (Å²) in [6.07, 6.45) is -1.37. The zero-order valence-electron chi connectivity index (χ0n) is 17.8. The summed E-state index contributed by atoms with van der Waals surface area (Å²) < 4.78 is 33.7. The summed E-state index contributed by atoms with van der Waals surface area (Å²) in [6, 6.07) is 3.93. The summed E-state index contributed by atoms with van der Waals surface area (Å²) in [7, 11) is 1.47. The maximum atomic E-state index is 14.7. The third-order valence-electron chi connectivity index (χ3n) is 4.81. The first-order valence-corrected chi connectivity index (χ1v) is 9.78. The topological polar surface area (TPSA) is 97.3 Å². The number of carbonyl (C=O) groups is 1. The molecular weight excluding hydrogens is 392 g/mol. The molecule has 0 aliphatic heterocycles. The summed E-state index contributed by atoms with van der Waals surface area (Å²) in [4.78, 5) is 20.5. The lowest BCUT2D eigenvalue weighted by Gasteiger charge is -2.28. The summed E-state index contributed by atoms with van der Waals surface area (Å²) in [6.45, 7) is 8.99. The van der Waals surface area contributed by atoms with Crippen LogP contribution >= 0.6 is 0 Å². The van der Waals surface area contributed by atoms with Gasteiger partial charge in [-0.05, 0) is 52.2 Å². The summed E-state index contributed by atoms with van der Waals surface area (Å²) in [5, 5.41) is 9.58. The Labute approximate surface area is 175 Å². The number of aliphatic hydroxyl groups is 1. The van der Waals surface area contributed by atoms with Crippen LogP contribution in [0.25, 0.3) is 0 Å². The number of aliphatic hydroxyl groups excluding tert-OH is 1. The second-order valence-electron chi connectivity index (χ2n) is 8.35. The monoisotopic (exact) mass is 421 g/mol. The number of halogens is 2. The van der Waals surface area contributed by atoms with E-state index in [1.807, 2.05) is 0 Å². The van der Waals surface area contributed by atoms with Crippen LogP contribution in [0.2, 0.25) is 0 Å². The van der Waals surface area contributed by atoms with Gasteiger partial charge in [0.15, 0.2) is 0 Å². The first-order valence-electron chi connectivity index (χ1n) is 9.78. The van der Waals surface area contributed by atoms with Crippen LogP contribution in [0.5, 0.6) is 0 Å². The Balaban J connectivity index is 2.33. The van der Waals surface area contributed by atoms with Crippen molar-refractivity contribution >= 4 is 17.5 Å². The van der Waals surface area contributed by atoms with Crippen molar-refractivity contribution in [1.82, 2.24) is 0 Å². The molecule has 0 amide bonds. The number of nitrogens with two attached hydrogens (primary N) is 1. The molecule has 0 bridgehead atoms. The molecule has 164 valence electrons. The number of alkyl halides is 1. The van der Waals surface area contributed by atoms with Crippen molar-refractivity contribution in [3.63, 3.8) is 0 Å². The van der Waals surface area contributed by atoms with Gasteiger partial charge in [-0.2, -0.15) is 0 Å². The Morgan fingerprint density at radius 3 is 2.53 bits per heavy atom. The maximum absolute atomic E-state index is 14.7. The van der Waals surface area contributed by atoms with Crippen LogP contribution < -0.4 is 5.73 Å². The van der Waals surface area contributed by atoms with Gasteiger partial charge in [0.25, 0.3) is 0 Å². The normalized spacial score (nSPS) is 23.2. The summed E-state index contributed by atoms with van der Waals surface area (Å²) >= 11 is 0. The van der Waals surface area contributed by atoms with Crippen LogP contribution in [0.15, 0.2) is 40.5 Å². The first kappa shape index (κ1) is 23.7. The zero-order chi connectivity index (χ0) is 22.6. The molecule has 1 aliphatic rings. The first-order chi connectivity index (χ1) is 13.9. The third-order valence-corrected chi connectivity index (χ3v) is 4.81. The summed E-state index contributed by atoms with van der Waals surface area (Å²) in [5.74, 6) is -1.78. The molecule has 1 aromatic rings. The Bertz CT molecular complexity index is 875. The SMILES string of the molecule is C=C(/N=C(\C(N)=N/C)c1ccc(C(=O)OC(C)(C)C)c(F)c1)[C@@H]1CC[C@@H](O)[C@@H](F)C1. The molecule has 3 atom stereocenters. The Hall–Kier alpha value is -2.61. The molecule has 1 saturated carbocycles. The Morgan fingerprint density at radius 2 is 2.00 bits per heavy atom. The number of benzene rings is 1. The highest BCUT2D eigenvalue weighted by molar-refractivity contribution is 6.47. The number of nitrogens with zero attached hydrogens (tertiary/aromatic N) is 2. The number of hydrogen-bond donors (Lipinski definition) is 2. The molecule has 6 nitrogen and oxygen atoms in total. The van der Waals surface area contributed by atoms with Crippen molar-refractivity contribution in [1.29, 1.82) is 0 Å². The minimum absolute atomic E-state index is 0.0493. The molecule has 0 unspecified atom stereocenters. The molecule has 0 saturated heterocycles. The smallest absolute Gasteiger partial charge is 0.341 e. The number of amidine groups is 1. The fraction of sp³-hybridized carbons (Fsp3) is 0.500. The molecule has 2 rings (SSSR count). The van der Waals surface area contributed by atoms with Crippen LogP contribution in [0.1, 0.15) is 56.0 Å². The van der Waals surface area contributed by atoms with Crippen LogP contribution in [0, 0.1) is 11.7 Å². The molecule has 0 aromatic heterocycles. The highest BCUT2D eigenvalue weighted by atomic mass is 19.1. The predicted molar refractivity (Wildman–Crippen MR) is 113 cm³/mol. The quantitative estimate of drug-likeness (QED) is 0.431. The van der Waals surface area contributed by atoms with E-state index in [2.05, 4.69) is 16.6 Å². The van der Waals surface area contributed by atoms with E-state index in [4.69, 9.17) is 10.5 Å². The van der Waals surface area contributed by atoms with Crippen molar-refractivity contribution in [2.24, 2.45) is 21.6 Å². The van der Waals surface area contributed by atoms with Gasteiger partial charge in [0.2, 0.25) is 0 Å². The average Bonchev–Trinajstić information content (AvgIpc) is 2.65. The predicted octanol–water partition coefficient (Wildman–Crippen LogP) is 3.57. The van der Waals surface area contributed by atoms with Gasteiger partial charge < -0.3 is 15.6 Å². The Kier molecular flexibility index (Phi) is 7.47. The van der Waals surface area contributed by atoms with Crippen molar-refractivity contribution in [2.45, 2.75) is 57.9 Å². The van der Waals surface area contributed by atoms with Gasteiger partial charge in [-0.1, -0.05) is 12.6 Å². The largest absolute Gasteiger partial charge is 0.456 e. The van der Waals surface area contributed by atoms with Crippen LogP contribution in [0.4, 0.5) is 8.78 Å². The van der Waals surface area contributed by atoms with Gasteiger partial charge in [0, 0.05) is 24.2 Å². The van der Waals surface area contributed by atoms with E-state index >= 15 is 0 Å². The maximum Gasteiger partial charge on any atom is 0.341 e. The third kappa shape index (κ3) is 5.95. The fourth-order valence-electron chi connectivity index (χ4n) is 3.17. The van der Waals surface area contributed by atoms with E-state index < -0.39 is 29.7 Å².